The molecule has 18 heavy (non-hydrogen) atoms. The van der Waals surface area contributed by atoms with Gasteiger partial charge in [-0.1, -0.05) is 0 Å². The smallest absolute Gasteiger partial charge is 0.0549 e. The summed E-state index contributed by atoms with van der Waals surface area (Å²) in [6.07, 6.45) is 1.89. The SMILES string of the molecule is CC(c1ccnn1C)N1CC(N2CCNCC2)C1. The molecule has 2 fully saturated rings. The van der Waals surface area contributed by atoms with E-state index in [1.165, 1.54) is 31.9 Å². The van der Waals surface area contributed by atoms with Crippen molar-refractivity contribution in [1.82, 2.24) is 24.9 Å². The highest BCUT2D eigenvalue weighted by Crippen LogP contribution is 2.27. The lowest BCUT2D eigenvalue weighted by Crippen LogP contribution is -2.63. The van der Waals surface area contributed by atoms with Crippen LogP contribution in [0.4, 0.5) is 0 Å². The number of aromatic nitrogens is 2. The summed E-state index contributed by atoms with van der Waals surface area (Å²) in [4.78, 5) is 5.17. The monoisotopic (exact) mass is 249 g/mol. The molecule has 1 aromatic heterocycles. The van der Waals surface area contributed by atoms with Crippen LogP contribution in [-0.4, -0.2) is 64.9 Å². The van der Waals surface area contributed by atoms with Gasteiger partial charge in [-0.15, -0.1) is 0 Å². The van der Waals surface area contributed by atoms with Gasteiger partial charge >= 0.3 is 0 Å². The van der Waals surface area contributed by atoms with E-state index in [9.17, 15) is 0 Å². The van der Waals surface area contributed by atoms with Gasteiger partial charge < -0.3 is 5.32 Å². The van der Waals surface area contributed by atoms with Gasteiger partial charge in [0.15, 0.2) is 0 Å². The fraction of sp³-hybridized carbons (Fsp3) is 0.769. The van der Waals surface area contributed by atoms with Gasteiger partial charge in [0.1, 0.15) is 0 Å². The zero-order valence-electron chi connectivity index (χ0n) is 11.3. The third kappa shape index (κ3) is 2.18. The van der Waals surface area contributed by atoms with Crippen molar-refractivity contribution in [3.8, 4) is 0 Å². The molecule has 3 rings (SSSR count). The first kappa shape index (κ1) is 12.1. The maximum absolute atomic E-state index is 4.26. The molecule has 1 N–H and O–H groups in total. The molecule has 0 spiro atoms. The fourth-order valence-electron chi connectivity index (χ4n) is 3.06. The summed E-state index contributed by atoms with van der Waals surface area (Å²) >= 11 is 0. The summed E-state index contributed by atoms with van der Waals surface area (Å²) in [6.45, 7) is 9.39. The van der Waals surface area contributed by atoms with E-state index in [1.54, 1.807) is 0 Å². The quantitative estimate of drug-likeness (QED) is 0.822. The predicted octanol–water partition coefficient (Wildman–Crippen LogP) is 0.0705. The van der Waals surface area contributed by atoms with Gasteiger partial charge in [0.05, 0.1) is 5.69 Å². The van der Waals surface area contributed by atoms with Crippen LogP contribution < -0.4 is 5.32 Å². The van der Waals surface area contributed by atoms with E-state index in [-0.39, 0.29) is 0 Å². The van der Waals surface area contributed by atoms with Crippen LogP contribution in [0.3, 0.4) is 0 Å². The minimum atomic E-state index is 0.483. The third-order valence-corrected chi connectivity index (χ3v) is 4.39. The van der Waals surface area contributed by atoms with Crippen LogP contribution in [-0.2, 0) is 7.05 Å². The summed E-state index contributed by atoms with van der Waals surface area (Å²) in [5.74, 6) is 0. The summed E-state index contributed by atoms with van der Waals surface area (Å²) in [5, 5.41) is 7.67. The standard InChI is InChI=1S/C13H23N5/c1-11(13-3-4-15-16(13)2)18-9-12(10-18)17-7-5-14-6-8-17/h3-4,11-12,14H,5-10H2,1-2H3. The summed E-state index contributed by atoms with van der Waals surface area (Å²) in [5.41, 5.74) is 1.31. The van der Waals surface area contributed by atoms with Gasteiger partial charge in [-0.05, 0) is 13.0 Å². The molecule has 0 aliphatic carbocycles. The Kier molecular flexibility index (Phi) is 3.37. The average Bonchev–Trinajstić information content (AvgIpc) is 2.75. The Bertz CT molecular complexity index is 390. The second-order valence-corrected chi connectivity index (χ2v) is 5.45. The second-order valence-electron chi connectivity index (χ2n) is 5.45. The Labute approximate surface area is 109 Å². The number of nitrogens with one attached hydrogen (secondary N) is 1. The van der Waals surface area contributed by atoms with Crippen LogP contribution >= 0.6 is 0 Å². The Morgan fingerprint density at radius 1 is 1.33 bits per heavy atom. The second kappa shape index (κ2) is 4.99. The molecule has 2 saturated heterocycles. The Morgan fingerprint density at radius 2 is 2.06 bits per heavy atom. The minimum Gasteiger partial charge on any atom is -0.314 e. The van der Waals surface area contributed by atoms with Crippen LogP contribution in [0.15, 0.2) is 12.3 Å². The molecule has 0 amide bonds. The zero-order chi connectivity index (χ0) is 12.5. The van der Waals surface area contributed by atoms with E-state index in [0.717, 1.165) is 19.1 Å². The molecule has 1 aromatic rings. The minimum absolute atomic E-state index is 0.483. The Balaban J connectivity index is 1.54. The molecule has 1 unspecified atom stereocenters. The van der Waals surface area contributed by atoms with Crippen molar-refractivity contribution in [2.24, 2.45) is 7.05 Å². The number of aryl methyl sites for hydroxylation is 1. The predicted molar refractivity (Wildman–Crippen MR) is 71.4 cm³/mol. The van der Waals surface area contributed by atoms with E-state index in [0.29, 0.717) is 6.04 Å². The van der Waals surface area contributed by atoms with Crippen molar-refractivity contribution >= 4 is 0 Å². The van der Waals surface area contributed by atoms with Gasteiger partial charge in [-0.3, -0.25) is 14.5 Å². The van der Waals surface area contributed by atoms with E-state index in [1.807, 2.05) is 17.9 Å². The fourth-order valence-corrected chi connectivity index (χ4v) is 3.06. The van der Waals surface area contributed by atoms with Crippen LogP contribution in [0.5, 0.6) is 0 Å². The van der Waals surface area contributed by atoms with E-state index < -0.39 is 0 Å². The maximum Gasteiger partial charge on any atom is 0.0549 e. The molecule has 5 heteroatoms. The first-order valence-corrected chi connectivity index (χ1v) is 6.92. The van der Waals surface area contributed by atoms with Crippen molar-refractivity contribution in [3.63, 3.8) is 0 Å². The largest absolute Gasteiger partial charge is 0.314 e. The molecule has 0 radical (unpaired) electrons. The van der Waals surface area contributed by atoms with E-state index >= 15 is 0 Å². The average molecular weight is 249 g/mol. The van der Waals surface area contributed by atoms with Crippen LogP contribution in [0, 0.1) is 0 Å². The lowest BCUT2D eigenvalue weighted by Gasteiger charge is -2.49. The molecule has 0 saturated carbocycles. The molecule has 3 heterocycles. The van der Waals surface area contributed by atoms with Crippen molar-refractivity contribution in [2.75, 3.05) is 39.3 Å². The maximum atomic E-state index is 4.26. The highest BCUT2D eigenvalue weighted by atomic mass is 15.4. The Hall–Kier alpha value is -0.910. The van der Waals surface area contributed by atoms with Crippen molar-refractivity contribution < 1.29 is 0 Å². The molecule has 0 bridgehead atoms. The van der Waals surface area contributed by atoms with Crippen LogP contribution in [0.25, 0.3) is 0 Å². The van der Waals surface area contributed by atoms with Gasteiger partial charge in [0.25, 0.3) is 0 Å². The summed E-state index contributed by atoms with van der Waals surface area (Å²) < 4.78 is 1.99. The molecule has 100 valence electrons. The van der Waals surface area contributed by atoms with Crippen molar-refractivity contribution in [3.05, 3.63) is 18.0 Å². The molecule has 2 aliphatic heterocycles. The van der Waals surface area contributed by atoms with Gasteiger partial charge in [0.2, 0.25) is 0 Å². The Morgan fingerprint density at radius 3 is 2.67 bits per heavy atom. The molecule has 0 aromatic carbocycles. The van der Waals surface area contributed by atoms with Gasteiger partial charge in [0, 0.05) is 64.6 Å². The number of nitrogens with zero attached hydrogens (tertiary/aromatic N) is 4. The summed E-state index contributed by atoms with van der Waals surface area (Å²) in [6, 6.07) is 3.38. The van der Waals surface area contributed by atoms with Crippen LogP contribution in [0.2, 0.25) is 0 Å². The zero-order valence-corrected chi connectivity index (χ0v) is 11.3. The lowest BCUT2D eigenvalue weighted by molar-refractivity contribution is 0.00161. The first-order chi connectivity index (χ1) is 8.75. The molecule has 2 aliphatic rings. The number of likely N-dealkylation sites (tertiary alicyclic amines) is 1. The highest BCUT2D eigenvalue weighted by molar-refractivity contribution is 5.08. The van der Waals surface area contributed by atoms with E-state index in [2.05, 4.69) is 33.2 Å². The molecular formula is C13H23N5. The van der Waals surface area contributed by atoms with Crippen molar-refractivity contribution in [1.29, 1.82) is 0 Å². The third-order valence-electron chi connectivity index (χ3n) is 4.39. The number of hydrogen-bond acceptors (Lipinski definition) is 4. The number of rotatable bonds is 3. The van der Waals surface area contributed by atoms with E-state index in [4.69, 9.17) is 0 Å². The van der Waals surface area contributed by atoms with Gasteiger partial charge in [-0.25, -0.2) is 0 Å². The first-order valence-electron chi connectivity index (χ1n) is 6.92. The van der Waals surface area contributed by atoms with Crippen molar-refractivity contribution in [2.45, 2.75) is 19.0 Å². The molecule has 1 atom stereocenters. The lowest BCUT2D eigenvalue weighted by atomic mass is 10.0. The highest BCUT2D eigenvalue weighted by Gasteiger charge is 2.35. The topological polar surface area (TPSA) is 36.3 Å². The number of hydrogen-bond donors (Lipinski definition) is 1. The molecular weight excluding hydrogens is 226 g/mol. The summed E-state index contributed by atoms with van der Waals surface area (Å²) in [7, 11) is 2.03. The molecule has 5 nitrogen and oxygen atoms in total. The van der Waals surface area contributed by atoms with Crippen LogP contribution in [0.1, 0.15) is 18.7 Å². The number of piperazine rings is 1. The van der Waals surface area contributed by atoms with Gasteiger partial charge in [-0.2, -0.15) is 5.10 Å². The normalized spacial score (nSPS) is 25.0.